The van der Waals surface area contributed by atoms with Gasteiger partial charge in [-0.25, -0.2) is 0 Å². The summed E-state index contributed by atoms with van der Waals surface area (Å²) in [5.41, 5.74) is -0.173. The summed E-state index contributed by atoms with van der Waals surface area (Å²) in [6.07, 6.45) is 1.57. The van der Waals surface area contributed by atoms with Gasteiger partial charge in [-0.3, -0.25) is 4.79 Å². The molecule has 12 heavy (non-hydrogen) atoms. The molecule has 1 unspecified atom stereocenters. The van der Waals surface area contributed by atoms with Crippen molar-refractivity contribution in [1.29, 1.82) is 0 Å². The van der Waals surface area contributed by atoms with E-state index in [4.69, 9.17) is 5.11 Å². The van der Waals surface area contributed by atoms with Gasteiger partial charge in [-0.1, -0.05) is 19.0 Å². The zero-order chi connectivity index (χ0) is 9.35. The lowest BCUT2D eigenvalue weighted by Gasteiger charge is -1.95. The molecule has 1 aliphatic rings. The maximum absolute atomic E-state index is 10.6. The first-order valence-corrected chi connectivity index (χ1v) is 3.81. The maximum Gasteiger partial charge on any atom is 0.307 e. The summed E-state index contributed by atoms with van der Waals surface area (Å²) in [6, 6.07) is 0. The zero-order valence-electron chi connectivity index (χ0n) is 7.44. The molecule has 4 heteroatoms. The summed E-state index contributed by atoms with van der Waals surface area (Å²) < 4.78 is 0. The normalized spacial score (nSPS) is 31.9. The molecule has 0 aliphatic heterocycles. The topological polar surface area (TPSA) is 58.9 Å². The van der Waals surface area contributed by atoms with Crippen molar-refractivity contribution in [2.45, 2.75) is 13.8 Å². The summed E-state index contributed by atoms with van der Waals surface area (Å²) in [5.74, 6) is -1.06. The summed E-state index contributed by atoms with van der Waals surface area (Å²) >= 11 is 0. The number of hydrogen-bond acceptors (Lipinski definition) is 3. The molecule has 1 N–H and O–H groups in total. The van der Waals surface area contributed by atoms with Crippen molar-refractivity contribution in [3.05, 3.63) is 0 Å². The highest BCUT2D eigenvalue weighted by Crippen LogP contribution is 2.57. The van der Waals surface area contributed by atoms with Gasteiger partial charge in [0.2, 0.25) is 0 Å². The van der Waals surface area contributed by atoms with Gasteiger partial charge in [-0.2, -0.15) is 0 Å². The molecule has 0 amide bonds. The average molecular weight is 171 g/mol. The fourth-order valence-electron chi connectivity index (χ4n) is 1.55. The summed E-state index contributed by atoms with van der Waals surface area (Å²) in [5, 5.41) is 12.3. The Morgan fingerprint density at radius 1 is 1.67 bits per heavy atom. The van der Waals surface area contributed by atoms with E-state index in [0.29, 0.717) is 0 Å². The molecular formula is C8H13NO3. The maximum atomic E-state index is 10.6. The van der Waals surface area contributed by atoms with Crippen LogP contribution in [-0.4, -0.2) is 24.4 Å². The predicted molar refractivity (Wildman–Crippen MR) is 43.9 cm³/mol. The molecule has 2 atom stereocenters. The Kier molecular flexibility index (Phi) is 2.08. The molecule has 0 radical (unpaired) electrons. The Balaban J connectivity index is 2.60. The Labute approximate surface area is 71.2 Å². The molecule has 68 valence electrons. The van der Waals surface area contributed by atoms with Crippen LogP contribution >= 0.6 is 0 Å². The molecule has 0 aromatic rings. The fraction of sp³-hybridized carbons (Fsp3) is 0.750. The first kappa shape index (κ1) is 9.03. The van der Waals surface area contributed by atoms with Gasteiger partial charge in [0, 0.05) is 12.1 Å². The van der Waals surface area contributed by atoms with Crippen molar-refractivity contribution < 1.29 is 14.7 Å². The van der Waals surface area contributed by atoms with E-state index in [0.717, 1.165) is 0 Å². The van der Waals surface area contributed by atoms with E-state index in [1.807, 2.05) is 13.8 Å². The van der Waals surface area contributed by atoms with Crippen LogP contribution in [0.1, 0.15) is 13.8 Å². The van der Waals surface area contributed by atoms with Crippen molar-refractivity contribution in [1.82, 2.24) is 0 Å². The van der Waals surface area contributed by atoms with Crippen LogP contribution in [0.5, 0.6) is 0 Å². The van der Waals surface area contributed by atoms with Gasteiger partial charge in [0.1, 0.15) is 7.11 Å². The van der Waals surface area contributed by atoms with Crippen LogP contribution in [0.3, 0.4) is 0 Å². The number of carboxylic acids is 1. The first-order valence-electron chi connectivity index (χ1n) is 3.81. The van der Waals surface area contributed by atoms with Gasteiger partial charge in [-0.15, -0.1) is 0 Å². The Morgan fingerprint density at radius 2 is 2.25 bits per heavy atom. The lowest BCUT2D eigenvalue weighted by atomic mass is 10.1. The molecule has 1 rings (SSSR count). The highest BCUT2D eigenvalue weighted by molar-refractivity contribution is 5.84. The van der Waals surface area contributed by atoms with Crippen molar-refractivity contribution in [3.8, 4) is 0 Å². The van der Waals surface area contributed by atoms with Crippen molar-refractivity contribution >= 4 is 12.2 Å². The van der Waals surface area contributed by atoms with Crippen LogP contribution < -0.4 is 0 Å². The van der Waals surface area contributed by atoms with Crippen LogP contribution in [-0.2, 0) is 9.63 Å². The van der Waals surface area contributed by atoms with Crippen molar-refractivity contribution in [2.24, 2.45) is 22.4 Å². The second-order valence-corrected chi connectivity index (χ2v) is 3.60. The van der Waals surface area contributed by atoms with Gasteiger partial charge in [0.15, 0.2) is 0 Å². The lowest BCUT2D eigenvalue weighted by molar-refractivity contribution is -0.139. The van der Waals surface area contributed by atoms with Gasteiger partial charge in [0.25, 0.3) is 0 Å². The standard InChI is InChI=1S/C8H13NO3/c1-8(2)5(4-9-12-3)6(8)7(10)11/h4-6H,1-3H3,(H,10,11)/b9-4-/t5?,6-/m0/s1. The Bertz CT molecular complexity index is 222. The minimum atomic E-state index is -0.757. The molecule has 0 aromatic heterocycles. The SMILES string of the molecule is CO/N=C\C1[C@@H](C(=O)O)C1(C)C. The molecule has 0 aromatic carbocycles. The predicted octanol–water partition coefficient (Wildman–Crippen LogP) is 0.975. The molecule has 0 bridgehead atoms. The van der Waals surface area contributed by atoms with Crippen LogP contribution in [0.15, 0.2) is 5.16 Å². The average Bonchev–Trinajstić information content (AvgIpc) is 2.49. The number of hydrogen-bond donors (Lipinski definition) is 1. The molecule has 1 aliphatic carbocycles. The zero-order valence-corrected chi connectivity index (χ0v) is 7.44. The number of rotatable bonds is 3. The third-order valence-corrected chi connectivity index (χ3v) is 2.50. The molecule has 0 saturated heterocycles. The quantitative estimate of drug-likeness (QED) is 0.508. The van der Waals surface area contributed by atoms with E-state index in [1.54, 1.807) is 6.21 Å². The molecule has 0 spiro atoms. The third-order valence-electron chi connectivity index (χ3n) is 2.50. The van der Waals surface area contributed by atoms with E-state index in [1.165, 1.54) is 7.11 Å². The van der Waals surface area contributed by atoms with Crippen molar-refractivity contribution in [3.63, 3.8) is 0 Å². The second kappa shape index (κ2) is 2.77. The van der Waals surface area contributed by atoms with Gasteiger partial charge < -0.3 is 9.94 Å². The van der Waals surface area contributed by atoms with Gasteiger partial charge in [-0.05, 0) is 5.41 Å². The number of nitrogens with zero attached hydrogens (tertiary/aromatic N) is 1. The van der Waals surface area contributed by atoms with Gasteiger partial charge >= 0.3 is 5.97 Å². The number of oxime groups is 1. The Morgan fingerprint density at radius 3 is 2.58 bits per heavy atom. The van der Waals surface area contributed by atoms with E-state index in [9.17, 15) is 4.79 Å². The van der Waals surface area contributed by atoms with Crippen LogP contribution in [0.25, 0.3) is 0 Å². The minimum absolute atomic E-state index is 0.00921. The van der Waals surface area contributed by atoms with Crippen molar-refractivity contribution in [2.75, 3.05) is 7.11 Å². The first-order chi connectivity index (χ1) is 5.51. The van der Waals surface area contributed by atoms with Gasteiger partial charge in [0.05, 0.1) is 5.92 Å². The molecule has 1 saturated carbocycles. The Hall–Kier alpha value is -1.06. The van der Waals surface area contributed by atoms with E-state index < -0.39 is 5.97 Å². The second-order valence-electron chi connectivity index (χ2n) is 3.60. The molecule has 4 nitrogen and oxygen atoms in total. The van der Waals surface area contributed by atoms with E-state index >= 15 is 0 Å². The van der Waals surface area contributed by atoms with Crippen LogP contribution in [0.4, 0.5) is 0 Å². The summed E-state index contributed by atoms with van der Waals surface area (Å²) in [4.78, 5) is 15.1. The molecule has 1 fully saturated rings. The number of aliphatic carboxylic acids is 1. The van der Waals surface area contributed by atoms with Crippen LogP contribution in [0, 0.1) is 17.3 Å². The van der Waals surface area contributed by atoms with E-state index in [-0.39, 0.29) is 17.3 Å². The van der Waals surface area contributed by atoms with Crippen LogP contribution in [0.2, 0.25) is 0 Å². The van der Waals surface area contributed by atoms with E-state index in [2.05, 4.69) is 9.99 Å². The number of carbonyl (C=O) groups is 1. The lowest BCUT2D eigenvalue weighted by Crippen LogP contribution is -2.03. The third kappa shape index (κ3) is 1.29. The minimum Gasteiger partial charge on any atom is -0.481 e. The summed E-state index contributed by atoms with van der Waals surface area (Å²) in [6.45, 7) is 3.83. The number of carboxylic acid groups (broad SMARTS) is 1. The fourth-order valence-corrected chi connectivity index (χ4v) is 1.55. The molecular weight excluding hydrogens is 158 g/mol. The summed E-state index contributed by atoms with van der Waals surface area (Å²) in [7, 11) is 1.45. The largest absolute Gasteiger partial charge is 0.481 e. The highest BCUT2D eigenvalue weighted by atomic mass is 16.6. The molecule has 0 heterocycles. The highest BCUT2D eigenvalue weighted by Gasteiger charge is 2.61. The monoisotopic (exact) mass is 171 g/mol. The smallest absolute Gasteiger partial charge is 0.307 e.